The fourth-order valence-corrected chi connectivity index (χ4v) is 4.80. The van der Waals surface area contributed by atoms with E-state index in [9.17, 15) is 32.7 Å². The molecule has 3 aromatic rings. The Morgan fingerprint density at radius 2 is 1.82 bits per heavy atom. The van der Waals surface area contributed by atoms with Crippen LogP contribution in [0.4, 0.5) is 39.8 Å². The van der Waals surface area contributed by atoms with Crippen LogP contribution >= 0.6 is 0 Å². The number of nitrogens with one attached hydrogen (secondary N) is 3. The molecule has 45 heavy (non-hydrogen) atoms. The summed E-state index contributed by atoms with van der Waals surface area (Å²) in [4.78, 5) is 42.5. The number of carbonyl (C=O) groups excluding carboxylic acids is 3. The minimum atomic E-state index is -4.51. The van der Waals surface area contributed by atoms with Crippen molar-refractivity contribution in [2.45, 2.75) is 46.0 Å². The Morgan fingerprint density at radius 1 is 1.13 bits per heavy atom. The van der Waals surface area contributed by atoms with Gasteiger partial charge in [-0.2, -0.15) is 13.2 Å². The van der Waals surface area contributed by atoms with Crippen molar-refractivity contribution < 1.29 is 41.9 Å². The molecule has 3 atom stereocenters. The molecule has 0 aliphatic carbocycles. The molecule has 0 saturated carbocycles. The van der Waals surface area contributed by atoms with Crippen LogP contribution in [-0.4, -0.2) is 76.9 Å². The number of rotatable bonds is 7. The minimum absolute atomic E-state index is 0.00220. The zero-order valence-corrected chi connectivity index (χ0v) is 25.4. The fourth-order valence-electron chi connectivity index (χ4n) is 4.80. The average molecular weight is 633 g/mol. The van der Waals surface area contributed by atoms with E-state index < -0.39 is 41.9 Å². The molecular weight excluding hydrogens is 597 g/mol. The first kappa shape index (κ1) is 33.1. The molecular formula is C30H35F3N6O6. The lowest BCUT2D eigenvalue weighted by Gasteiger charge is -2.38. The van der Waals surface area contributed by atoms with Gasteiger partial charge in [0, 0.05) is 25.2 Å². The summed E-state index contributed by atoms with van der Waals surface area (Å²) in [6.07, 6.45) is -5.23. The van der Waals surface area contributed by atoms with Gasteiger partial charge in [-0.05, 0) is 57.2 Å². The van der Waals surface area contributed by atoms with E-state index in [0.29, 0.717) is 17.1 Å². The third-order valence-corrected chi connectivity index (χ3v) is 7.48. The van der Waals surface area contributed by atoms with Gasteiger partial charge in [0.15, 0.2) is 11.5 Å². The van der Waals surface area contributed by atoms with Crippen molar-refractivity contribution >= 4 is 35.0 Å². The van der Waals surface area contributed by atoms with E-state index in [-0.39, 0.29) is 48.3 Å². The number of ether oxygens (including phenoxy) is 1. The Balaban J connectivity index is 1.60. The van der Waals surface area contributed by atoms with Crippen LogP contribution in [0.1, 0.15) is 41.2 Å². The third-order valence-electron chi connectivity index (χ3n) is 7.48. The molecule has 0 fully saturated rings. The summed E-state index contributed by atoms with van der Waals surface area (Å²) in [7, 11) is 1.50. The summed E-state index contributed by atoms with van der Waals surface area (Å²) in [6, 6.07) is 6.94. The first-order valence-electron chi connectivity index (χ1n) is 14.1. The van der Waals surface area contributed by atoms with Crippen molar-refractivity contribution in [3.8, 4) is 5.75 Å². The van der Waals surface area contributed by atoms with Gasteiger partial charge in [-0.15, -0.1) is 0 Å². The highest BCUT2D eigenvalue weighted by atomic mass is 19.4. The largest absolute Gasteiger partial charge is 0.485 e. The van der Waals surface area contributed by atoms with Crippen LogP contribution in [0.15, 0.2) is 47.0 Å². The summed E-state index contributed by atoms with van der Waals surface area (Å²) in [5, 5.41) is 21.7. The van der Waals surface area contributed by atoms with Gasteiger partial charge in [-0.1, -0.05) is 18.1 Å². The van der Waals surface area contributed by atoms with Gasteiger partial charge in [0.2, 0.25) is 0 Å². The molecule has 2 heterocycles. The Bertz CT molecular complexity index is 1520. The number of hydrogen-bond donors (Lipinski definition) is 4. The van der Waals surface area contributed by atoms with E-state index in [4.69, 9.17) is 9.26 Å². The summed E-state index contributed by atoms with van der Waals surface area (Å²) < 4.78 is 50.3. The molecule has 0 saturated heterocycles. The first-order valence-corrected chi connectivity index (χ1v) is 14.1. The number of para-hydroxylation sites is 1. The number of aliphatic hydroxyl groups is 1. The molecule has 0 unspecified atom stereocenters. The maximum absolute atomic E-state index is 13.7. The Labute approximate surface area is 257 Å². The zero-order chi connectivity index (χ0) is 33.1. The lowest BCUT2D eigenvalue weighted by molar-refractivity contribution is -0.137. The molecule has 15 heteroatoms. The van der Waals surface area contributed by atoms with Crippen LogP contribution < -0.4 is 20.7 Å². The van der Waals surface area contributed by atoms with Crippen molar-refractivity contribution in [3.05, 3.63) is 65.0 Å². The Kier molecular flexibility index (Phi) is 9.91. The van der Waals surface area contributed by atoms with Gasteiger partial charge in [0.1, 0.15) is 17.5 Å². The molecule has 0 spiro atoms. The van der Waals surface area contributed by atoms with E-state index in [1.54, 1.807) is 39.0 Å². The molecule has 5 amide bonds. The first-order chi connectivity index (χ1) is 21.2. The molecule has 12 nitrogen and oxygen atoms in total. The SMILES string of the molecule is Cc1noc(C)c1NC(=O)Nc1cccc2c1O[C@H](CN(C)C(=O)Nc1ccc(C(F)(F)F)cc1)[C@@H](C)CN([C@H](C)CO)C2=O. The number of anilines is 3. The number of hydrogen-bond acceptors (Lipinski definition) is 7. The van der Waals surface area contributed by atoms with Gasteiger partial charge >= 0.3 is 18.2 Å². The highest BCUT2D eigenvalue weighted by Gasteiger charge is 2.35. The summed E-state index contributed by atoms with van der Waals surface area (Å²) >= 11 is 0. The molecule has 4 N–H and O–H groups in total. The van der Waals surface area contributed by atoms with Gasteiger partial charge in [-0.25, -0.2) is 9.59 Å². The zero-order valence-electron chi connectivity index (χ0n) is 25.4. The maximum Gasteiger partial charge on any atom is 0.416 e. The van der Waals surface area contributed by atoms with Gasteiger partial charge in [-0.3, -0.25) is 4.79 Å². The number of aliphatic hydroxyl groups excluding tert-OH is 1. The van der Waals surface area contributed by atoms with Crippen molar-refractivity contribution in [3.63, 3.8) is 0 Å². The molecule has 0 radical (unpaired) electrons. The summed E-state index contributed by atoms with van der Waals surface area (Å²) in [5.74, 6) is -0.320. The van der Waals surface area contributed by atoms with E-state index in [1.165, 1.54) is 16.8 Å². The van der Waals surface area contributed by atoms with E-state index in [2.05, 4.69) is 21.1 Å². The van der Waals surface area contributed by atoms with Crippen molar-refractivity contribution in [2.24, 2.45) is 5.92 Å². The number of alkyl halides is 3. The lowest BCUT2D eigenvalue weighted by Crippen LogP contribution is -2.50. The van der Waals surface area contributed by atoms with Crippen LogP contribution in [0, 0.1) is 19.8 Å². The monoisotopic (exact) mass is 632 g/mol. The van der Waals surface area contributed by atoms with Crippen LogP contribution in [0.25, 0.3) is 0 Å². The number of likely N-dealkylation sites (N-methyl/N-ethyl adjacent to an activating group) is 1. The van der Waals surface area contributed by atoms with E-state index in [0.717, 1.165) is 24.3 Å². The van der Waals surface area contributed by atoms with Crippen LogP contribution in [-0.2, 0) is 6.18 Å². The molecule has 0 bridgehead atoms. The topological polar surface area (TPSA) is 149 Å². The van der Waals surface area contributed by atoms with Crippen molar-refractivity contribution in [1.82, 2.24) is 15.0 Å². The standard InChI is InChI=1S/C30H35F3N6O6/c1-16-13-39(17(2)15-40)27(41)22-7-6-8-23(35-28(42)36-25-18(3)37-45-19(25)4)26(22)44-24(16)14-38(5)29(43)34-21-11-9-20(10-12-21)30(31,32)33/h6-12,16-17,24,40H,13-15H2,1-5H3,(H,34,43)(H2,35,36,42)/t16-,17+,24+/m0/s1. The predicted molar refractivity (Wildman–Crippen MR) is 159 cm³/mol. The Hall–Kier alpha value is -4.79. The van der Waals surface area contributed by atoms with E-state index >= 15 is 0 Å². The maximum atomic E-state index is 13.7. The Morgan fingerprint density at radius 3 is 2.42 bits per heavy atom. The lowest BCUT2D eigenvalue weighted by atomic mass is 9.99. The molecule has 242 valence electrons. The second-order valence-electron chi connectivity index (χ2n) is 11.0. The predicted octanol–water partition coefficient (Wildman–Crippen LogP) is 5.34. The average Bonchev–Trinajstić information content (AvgIpc) is 3.30. The number of amides is 5. The molecule has 4 rings (SSSR count). The number of aromatic nitrogens is 1. The normalized spacial score (nSPS) is 17.4. The number of halogens is 3. The highest BCUT2D eigenvalue weighted by molar-refractivity contribution is 6.04. The molecule has 1 aliphatic heterocycles. The minimum Gasteiger partial charge on any atom is -0.485 e. The second-order valence-corrected chi connectivity index (χ2v) is 11.0. The molecule has 1 aromatic heterocycles. The van der Waals surface area contributed by atoms with Crippen LogP contribution in [0.5, 0.6) is 5.75 Å². The summed E-state index contributed by atoms with van der Waals surface area (Å²) in [5.41, 5.74) is 0.499. The summed E-state index contributed by atoms with van der Waals surface area (Å²) in [6.45, 7) is 6.71. The fraction of sp³-hybridized carbons (Fsp3) is 0.400. The molecule has 1 aliphatic rings. The van der Waals surface area contributed by atoms with Gasteiger partial charge in [0.25, 0.3) is 5.91 Å². The number of benzene rings is 2. The smallest absolute Gasteiger partial charge is 0.416 e. The number of aryl methyl sites for hydroxylation is 2. The third kappa shape index (κ3) is 7.66. The van der Waals surface area contributed by atoms with Crippen molar-refractivity contribution in [2.75, 3.05) is 42.7 Å². The van der Waals surface area contributed by atoms with Crippen molar-refractivity contribution in [1.29, 1.82) is 0 Å². The van der Waals surface area contributed by atoms with Gasteiger partial charge in [0.05, 0.1) is 36.0 Å². The second kappa shape index (κ2) is 13.5. The van der Waals surface area contributed by atoms with Gasteiger partial charge < -0.3 is 40.1 Å². The highest BCUT2D eigenvalue weighted by Crippen LogP contribution is 2.35. The van der Waals surface area contributed by atoms with Crippen LogP contribution in [0.2, 0.25) is 0 Å². The number of fused-ring (bicyclic) bond motifs is 1. The number of nitrogens with zero attached hydrogens (tertiary/aromatic N) is 3. The number of carbonyl (C=O) groups is 3. The quantitative estimate of drug-likeness (QED) is 0.275. The number of urea groups is 2. The van der Waals surface area contributed by atoms with Crippen LogP contribution in [0.3, 0.4) is 0 Å². The van der Waals surface area contributed by atoms with E-state index in [1.807, 2.05) is 6.92 Å². The molecule has 2 aromatic carbocycles.